The Kier molecular flexibility index (Phi) is 4.93. The van der Waals surface area contributed by atoms with Crippen LogP contribution in [0.3, 0.4) is 0 Å². The van der Waals surface area contributed by atoms with Crippen LogP contribution in [-0.4, -0.2) is 33.3 Å². The standard InChI is InChI=1S/C12H15ClO4/c1-7-8(11(15)10(14)5-6-13)3-2-4-9(7)12(16)17/h2-4,10-11,14-15H,5-6H2,1H3,(H,16,17). The molecule has 4 nitrogen and oxygen atoms in total. The summed E-state index contributed by atoms with van der Waals surface area (Å²) in [7, 11) is 0. The monoisotopic (exact) mass is 258 g/mol. The molecule has 0 amide bonds. The Hall–Kier alpha value is -1.10. The fourth-order valence-corrected chi connectivity index (χ4v) is 1.91. The normalized spacial score (nSPS) is 14.4. The van der Waals surface area contributed by atoms with Crippen LogP contribution in [0.5, 0.6) is 0 Å². The van der Waals surface area contributed by atoms with Gasteiger partial charge in [-0.3, -0.25) is 0 Å². The van der Waals surface area contributed by atoms with Gasteiger partial charge in [-0.25, -0.2) is 4.79 Å². The Morgan fingerprint density at radius 1 is 1.41 bits per heavy atom. The van der Waals surface area contributed by atoms with E-state index in [-0.39, 0.29) is 17.9 Å². The number of aliphatic hydroxyl groups is 2. The Morgan fingerprint density at radius 2 is 2.06 bits per heavy atom. The highest BCUT2D eigenvalue weighted by molar-refractivity contribution is 6.17. The van der Waals surface area contributed by atoms with Crippen molar-refractivity contribution in [2.24, 2.45) is 0 Å². The van der Waals surface area contributed by atoms with Crippen molar-refractivity contribution >= 4 is 17.6 Å². The van der Waals surface area contributed by atoms with Gasteiger partial charge < -0.3 is 15.3 Å². The van der Waals surface area contributed by atoms with E-state index >= 15 is 0 Å². The molecule has 0 saturated carbocycles. The van der Waals surface area contributed by atoms with Gasteiger partial charge in [0.1, 0.15) is 6.10 Å². The van der Waals surface area contributed by atoms with Crippen LogP contribution < -0.4 is 0 Å². The highest BCUT2D eigenvalue weighted by atomic mass is 35.5. The van der Waals surface area contributed by atoms with Crippen LogP contribution in [0.1, 0.15) is 34.0 Å². The molecule has 0 heterocycles. The summed E-state index contributed by atoms with van der Waals surface area (Å²) in [6, 6.07) is 4.61. The van der Waals surface area contributed by atoms with Crippen LogP contribution in [0.2, 0.25) is 0 Å². The van der Waals surface area contributed by atoms with E-state index in [1.54, 1.807) is 19.1 Å². The van der Waals surface area contributed by atoms with Gasteiger partial charge in [0.15, 0.2) is 0 Å². The molecule has 1 aromatic carbocycles. The lowest BCUT2D eigenvalue weighted by atomic mass is 9.95. The van der Waals surface area contributed by atoms with Gasteiger partial charge in [-0.05, 0) is 30.5 Å². The number of halogens is 1. The van der Waals surface area contributed by atoms with Crippen LogP contribution in [0.4, 0.5) is 0 Å². The van der Waals surface area contributed by atoms with Crippen molar-refractivity contribution in [3.63, 3.8) is 0 Å². The van der Waals surface area contributed by atoms with E-state index in [1.165, 1.54) is 6.07 Å². The lowest BCUT2D eigenvalue weighted by Gasteiger charge is -2.19. The summed E-state index contributed by atoms with van der Waals surface area (Å²) in [6.07, 6.45) is -1.86. The first kappa shape index (κ1) is 14.0. The molecular formula is C12H15ClO4. The van der Waals surface area contributed by atoms with Gasteiger partial charge >= 0.3 is 5.97 Å². The minimum Gasteiger partial charge on any atom is -0.478 e. The van der Waals surface area contributed by atoms with Gasteiger partial charge in [-0.2, -0.15) is 0 Å². The third-order valence-corrected chi connectivity index (χ3v) is 2.91. The molecule has 0 aliphatic heterocycles. The molecule has 0 aliphatic rings. The van der Waals surface area contributed by atoms with Gasteiger partial charge in [-0.15, -0.1) is 11.6 Å². The molecule has 0 aliphatic carbocycles. The molecule has 0 saturated heterocycles. The second-order valence-electron chi connectivity index (χ2n) is 3.81. The molecule has 0 spiro atoms. The van der Waals surface area contributed by atoms with Crippen molar-refractivity contribution < 1.29 is 20.1 Å². The molecule has 0 aromatic heterocycles. The van der Waals surface area contributed by atoms with Crippen molar-refractivity contribution in [2.45, 2.75) is 25.6 Å². The van der Waals surface area contributed by atoms with Crippen LogP contribution in [0.25, 0.3) is 0 Å². The maximum atomic E-state index is 10.9. The number of aliphatic hydroxyl groups excluding tert-OH is 2. The number of carboxylic acid groups (broad SMARTS) is 1. The maximum Gasteiger partial charge on any atom is 0.335 e. The Morgan fingerprint density at radius 3 is 2.59 bits per heavy atom. The third kappa shape index (κ3) is 3.19. The number of hydrogen-bond acceptors (Lipinski definition) is 3. The number of hydrogen-bond donors (Lipinski definition) is 3. The van der Waals surface area contributed by atoms with Gasteiger partial charge in [0.2, 0.25) is 0 Å². The average molecular weight is 259 g/mol. The van der Waals surface area contributed by atoms with Crippen molar-refractivity contribution in [2.75, 3.05) is 5.88 Å². The zero-order chi connectivity index (χ0) is 13.0. The lowest BCUT2D eigenvalue weighted by Crippen LogP contribution is -2.20. The zero-order valence-electron chi connectivity index (χ0n) is 9.43. The van der Waals surface area contributed by atoms with E-state index < -0.39 is 18.2 Å². The largest absolute Gasteiger partial charge is 0.478 e. The Labute approximate surface area is 104 Å². The molecular weight excluding hydrogens is 244 g/mol. The van der Waals surface area contributed by atoms with E-state index in [4.69, 9.17) is 16.7 Å². The molecule has 1 aromatic rings. The Bertz CT molecular complexity index is 405. The van der Waals surface area contributed by atoms with Crippen LogP contribution in [0, 0.1) is 6.92 Å². The maximum absolute atomic E-state index is 10.9. The zero-order valence-corrected chi connectivity index (χ0v) is 10.2. The van der Waals surface area contributed by atoms with Crippen LogP contribution >= 0.6 is 11.6 Å². The Balaban J connectivity index is 3.06. The molecule has 17 heavy (non-hydrogen) atoms. The minimum absolute atomic E-state index is 0.125. The van der Waals surface area contributed by atoms with E-state index in [0.717, 1.165) is 0 Å². The lowest BCUT2D eigenvalue weighted by molar-refractivity contribution is 0.0165. The molecule has 2 atom stereocenters. The summed E-state index contributed by atoms with van der Waals surface area (Å²) in [6.45, 7) is 1.61. The second-order valence-corrected chi connectivity index (χ2v) is 4.19. The summed E-state index contributed by atoms with van der Waals surface area (Å²) in [5.74, 6) is -0.820. The first-order valence-electron chi connectivity index (χ1n) is 5.24. The SMILES string of the molecule is Cc1c(C(=O)O)cccc1C(O)C(O)CCCl. The predicted octanol–water partition coefficient (Wildman–Crippen LogP) is 1.72. The van der Waals surface area contributed by atoms with E-state index in [1.807, 2.05) is 0 Å². The first-order valence-corrected chi connectivity index (χ1v) is 5.77. The third-order valence-electron chi connectivity index (χ3n) is 2.69. The first-order chi connectivity index (χ1) is 7.99. The fraction of sp³-hybridized carbons (Fsp3) is 0.417. The van der Waals surface area contributed by atoms with E-state index in [9.17, 15) is 15.0 Å². The van der Waals surface area contributed by atoms with E-state index in [0.29, 0.717) is 11.1 Å². The quantitative estimate of drug-likeness (QED) is 0.703. The minimum atomic E-state index is -1.12. The van der Waals surface area contributed by atoms with Crippen LogP contribution in [0.15, 0.2) is 18.2 Å². The molecule has 1 rings (SSSR count). The summed E-state index contributed by atoms with van der Waals surface area (Å²) < 4.78 is 0. The summed E-state index contributed by atoms with van der Waals surface area (Å²) in [5, 5.41) is 28.5. The van der Waals surface area contributed by atoms with Gasteiger partial charge in [-0.1, -0.05) is 12.1 Å². The second kappa shape index (κ2) is 6.00. The average Bonchev–Trinajstić information content (AvgIpc) is 2.28. The summed E-state index contributed by atoms with van der Waals surface area (Å²) in [4.78, 5) is 10.9. The van der Waals surface area contributed by atoms with Crippen molar-refractivity contribution in [1.29, 1.82) is 0 Å². The molecule has 5 heteroatoms. The van der Waals surface area contributed by atoms with E-state index in [2.05, 4.69) is 0 Å². The van der Waals surface area contributed by atoms with Gasteiger partial charge in [0, 0.05) is 5.88 Å². The molecule has 3 N–H and O–H groups in total. The predicted molar refractivity (Wildman–Crippen MR) is 64.4 cm³/mol. The van der Waals surface area contributed by atoms with Crippen molar-refractivity contribution in [1.82, 2.24) is 0 Å². The number of rotatable bonds is 5. The smallest absolute Gasteiger partial charge is 0.335 e. The number of carbonyl (C=O) groups is 1. The number of aromatic carboxylic acids is 1. The molecule has 0 radical (unpaired) electrons. The van der Waals surface area contributed by atoms with Crippen molar-refractivity contribution in [3.05, 3.63) is 34.9 Å². The number of benzene rings is 1. The molecule has 94 valence electrons. The van der Waals surface area contributed by atoms with Gasteiger partial charge in [0.25, 0.3) is 0 Å². The van der Waals surface area contributed by atoms with Crippen molar-refractivity contribution in [3.8, 4) is 0 Å². The fourth-order valence-electron chi connectivity index (χ4n) is 1.68. The summed E-state index contributed by atoms with van der Waals surface area (Å²) >= 11 is 5.48. The number of alkyl halides is 1. The number of carboxylic acids is 1. The van der Waals surface area contributed by atoms with Crippen LogP contribution in [-0.2, 0) is 0 Å². The molecule has 0 fully saturated rings. The topological polar surface area (TPSA) is 77.8 Å². The molecule has 2 unspecified atom stereocenters. The van der Waals surface area contributed by atoms with Gasteiger partial charge in [0.05, 0.1) is 11.7 Å². The summed E-state index contributed by atoms with van der Waals surface area (Å²) in [5.41, 5.74) is 1.00. The molecule has 0 bridgehead atoms. The highest BCUT2D eigenvalue weighted by Crippen LogP contribution is 2.24. The highest BCUT2D eigenvalue weighted by Gasteiger charge is 2.21.